The highest BCUT2D eigenvalue weighted by molar-refractivity contribution is 5.72. The minimum Gasteiger partial charge on any atom is -0.491 e. The van der Waals surface area contributed by atoms with E-state index in [4.69, 9.17) is 9.47 Å². The molecular formula is C22H32F2O3. The number of hydrogen-bond donors (Lipinski definition) is 0. The zero-order valence-corrected chi connectivity index (χ0v) is 16.6. The summed E-state index contributed by atoms with van der Waals surface area (Å²) in [6, 6.07) is 2.52. The molecule has 1 aliphatic carbocycles. The summed E-state index contributed by atoms with van der Waals surface area (Å²) in [6.07, 6.45) is 11.0. The van der Waals surface area contributed by atoms with E-state index < -0.39 is 17.6 Å². The molecule has 0 N–H and O–H groups in total. The molecule has 27 heavy (non-hydrogen) atoms. The molecule has 3 nitrogen and oxygen atoms in total. The number of rotatable bonds is 10. The van der Waals surface area contributed by atoms with Crippen LogP contribution in [-0.2, 0) is 4.79 Å². The Morgan fingerprint density at radius 2 is 1.56 bits per heavy atom. The van der Waals surface area contributed by atoms with Gasteiger partial charge in [-0.05, 0) is 37.3 Å². The maximum absolute atomic E-state index is 14.0. The van der Waals surface area contributed by atoms with Crippen LogP contribution in [0.3, 0.4) is 0 Å². The largest absolute Gasteiger partial charge is 0.491 e. The fraction of sp³-hybridized carbons (Fsp3) is 0.682. The number of ether oxygens (including phenoxy) is 2. The fourth-order valence-electron chi connectivity index (χ4n) is 3.85. The molecule has 0 spiro atoms. The summed E-state index contributed by atoms with van der Waals surface area (Å²) in [6.45, 7) is 4.14. The minimum atomic E-state index is -1.18. The lowest BCUT2D eigenvalue weighted by molar-refractivity contribution is -0.135. The Balaban J connectivity index is 1.73. The molecule has 5 heteroatoms. The molecule has 152 valence electrons. The second-order valence-corrected chi connectivity index (χ2v) is 7.52. The molecule has 0 bridgehead atoms. The third kappa shape index (κ3) is 6.78. The standard InChI is InChI=1S/C22H32F2O3/c1-3-5-6-7-16-8-10-17(11-9-16)12-15-20(25)27-19-14-13-18(26-4-2)21(23)22(19)24/h13-14,16-17H,3-12,15H2,1-2H3. The highest BCUT2D eigenvalue weighted by Gasteiger charge is 2.23. The monoisotopic (exact) mass is 382 g/mol. The Labute approximate surface area is 161 Å². The molecule has 0 aliphatic heterocycles. The van der Waals surface area contributed by atoms with Crippen LogP contribution >= 0.6 is 0 Å². The van der Waals surface area contributed by atoms with Crippen molar-refractivity contribution < 1.29 is 23.0 Å². The first-order chi connectivity index (χ1) is 13.0. The highest BCUT2D eigenvalue weighted by atomic mass is 19.2. The third-order valence-corrected chi connectivity index (χ3v) is 5.47. The quantitative estimate of drug-likeness (QED) is 0.265. The number of benzene rings is 1. The van der Waals surface area contributed by atoms with Crippen molar-refractivity contribution in [2.75, 3.05) is 6.61 Å². The summed E-state index contributed by atoms with van der Waals surface area (Å²) in [5, 5.41) is 0. The summed E-state index contributed by atoms with van der Waals surface area (Å²) < 4.78 is 37.8. The number of hydrogen-bond acceptors (Lipinski definition) is 3. The Bertz CT molecular complexity index is 595. The van der Waals surface area contributed by atoms with E-state index in [1.807, 2.05) is 0 Å². The van der Waals surface area contributed by atoms with Crippen LogP contribution in [0.5, 0.6) is 11.5 Å². The van der Waals surface area contributed by atoms with E-state index in [1.54, 1.807) is 6.92 Å². The van der Waals surface area contributed by atoms with Gasteiger partial charge in [0, 0.05) is 6.42 Å². The zero-order chi connectivity index (χ0) is 19.6. The average Bonchev–Trinajstić information content (AvgIpc) is 2.67. The van der Waals surface area contributed by atoms with Gasteiger partial charge < -0.3 is 9.47 Å². The van der Waals surface area contributed by atoms with Gasteiger partial charge in [-0.2, -0.15) is 8.78 Å². The molecule has 1 aliphatic rings. The Morgan fingerprint density at radius 1 is 0.963 bits per heavy atom. The van der Waals surface area contributed by atoms with Crippen molar-refractivity contribution in [3.05, 3.63) is 23.8 Å². The second-order valence-electron chi connectivity index (χ2n) is 7.52. The third-order valence-electron chi connectivity index (χ3n) is 5.47. The number of carbonyl (C=O) groups excluding carboxylic acids is 1. The van der Waals surface area contributed by atoms with Crippen LogP contribution in [-0.4, -0.2) is 12.6 Å². The van der Waals surface area contributed by atoms with Crippen LogP contribution in [0.4, 0.5) is 8.78 Å². The molecule has 0 amide bonds. The van der Waals surface area contributed by atoms with E-state index in [2.05, 4.69) is 6.92 Å². The molecule has 0 atom stereocenters. The van der Waals surface area contributed by atoms with Crippen molar-refractivity contribution in [1.29, 1.82) is 0 Å². The maximum Gasteiger partial charge on any atom is 0.311 e. The van der Waals surface area contributed by atoms with Crippen LogP contribution in [0, 0.1) is 23.5 Å². The van der Waals surface area contributed by atoms with Crippen LogP contribution in [0.1, 0.15) is 78.1 Å². The van der Waals surface area contributed by atoms with Gasteiger partial charge in [0.2, 0.25) is 11.6 Å². The minimum absolute atomic E-state index is 0.175. The van der Waals surface area contributed by atoms with Crippen molar-refractivity contribution in [1.82, 2.24) is 0 Å². The molecule has 1 aromatic rings. The van der Waals surface area contributed by atoms with E-state index >= 15 is 0 Å². The lowest BCUT2D eigenvalue weighted by Gasteiger charge is -2.28. The van der Waals surface area contributed by atoms with Crippen LogP contribution < -0.4 is 9.47 Å². The van der Waals surface area contributed by atoms with E-state index in [1.165, 1.54) is 50.7 Å². The van der Waals surface area contributed by atoms with Crippen molar-refractivity contribution in [3.63, 3.8) is 0 Å². The first-order valence-corrected chi connectivity index (χ1v) is 10.4. The molecule has 0 saturated heterocycles. The van der Waals surface area contributed by atoms with E-state index in [0.29, 0.717) is 5.92 Å². The van der Waals surface area contributed by atoms with Crippen LogP contribution in [0.2, 0.25) is 0 Å². The molecule has 0 heterocycles. The lowest BCUT2D eigenvalue weighted by atomic mass is 9.78. The molecular weight excluding hydrogens is 350 g/mol. The number of unbranched alkanes of at least 4 members (excludes halogenated alkanes) is 2. The van der Waals surface area contributed by atoms with E-state index in [0.717, 1.165) is 25.2 Å². The van der Waals surface area contributed by atoms with Gasteiger partial charge in [-0.3, -0.25) is 4.79 Å². The van der Waals surface area contributed by atoms with Crippen molar-refractivity contribution in [2.24, 2.45) is 11.8 Å². The predicted molar refractivity (Wildman–Crippen MR) is 102 cm³/mol. The Hall–Kier alpha value is -1.65. The maximum atomic E-state index is 14.0. The number of halogens is 2. The van der Waals surface area contributed by atoms with Gasteiger partial charge in [-0.25, -0.2) is 0 Å². The highest BCUT2D eigenvalue weighted by Crippen LogP contribution is 2.34. The van der Waals surface area contributed by atoms with Crippen LogP contribution in [0.15, 0.2) is 12.1 Å². The van der Waals surface area contributed by atoms with Crippen molar-refractivity contribution in [3.8, 4) is 11.5 Å². The smallest absolute Gasteiger partial charge is 0.311 e. The van der Waals surface area contributed by atoms with Gasteiger partial charge in [0.15, 0.2) is 11.5 Å². The SMILES string of the molecule is CCCCCC1CCC(CCC(=O)Oc2ccc(OCC)c(F)c2F)CC1. The Morgan fingerprint density at radius 3 is 2.19 bits per heavy atom. The molecule has 2 rings (SSSR count). The molecule has 1 aromatic carbocycles. The van der Waals surface area contributed by atoms with Gasteiger partial charge in [0.05, 0.1) is 6.61 Å². The second kappa shape index (κ2) is 11.3. The first kappa shape index (κ1) is 21.6. The lowest BCUT2D eigenvalue weighted by Crippen LogP contribution is -2.17. The molecule has 0 unspecified atom stereocenters. The van der Waals surface area contributed by atoms with Gasteiger partial charge in [-0.1, -0.05) is 58.3 Å². The van der Waals surface area contributed by atoms with Gasteiger partial charge in [0.1, 0.15) is 0 Å². The fourth-order valence-corrected chi connectivity index (χ4v) is 3.85. The van der Waals surface area contributed by atoms with Gasteiger partial charge in [0.25, 0.3) is 0 Å². The average molecular weight is 382 g/mol. The summed E-state index contributed by atoms with van der Waals surface area (Å²) in [7, 11) is 0. The Kier molecular flexibility index (Phi) is 9.02. The normalized spacial score (nSPS) is 19.7. The predicted octanol–water partition coefficient (Wildman–Crippen LogP) is 6.44. The van der Waals surface area contributed by atoms with Crippen molar-refractivity contribution in [2.45, 2.75) is 78.1 Å². The van der Waals surface area contributed by atoms with Crippen molar-refractivity contribution >= 4 is 5.97 Å². The molecule has 1 fully saturated rings. The molecule has 1 saturated carbocycles. The molecule has 0 aromatic heterocycles. The summed E-state index contributed by atoms with van der Waals surface area (Å²) in [5.41, 5.74) is 0. The topological polar surface area (TPSA) is 35.5 Å². The zero-order valence-electron chi connectivity index (χ0n) is 16.6. The first-order valence-electron chi connectivity index (χ1n) is 10.4. The summed E-state index contributed by atoms with van der Waals surface area (Å²) in [4.78, 5) is 12.0. The molecule has 0 radical (unpaired) electrons. The number of carbonyl (C=O) groups is 1. The summed E-state index contributed by atoms with van der Waals surface area (Å²) in [5.74, 6) is -2.00. The van der Waals surface area contributed by atoms with E-state index in [9.17, 15) is 13.6 Å². The van der Waals surface area contributed by atoms with Gasteiger partial charge >= 0.3 is 5.97 Å². The van der Waals surface area contributed by atoms with Gasteiger partial charge in [-0.15, -0.1) is 0 Å². The van der Waals surface area contributed by atoms with Crippen LogP contribution in [0.25, 0.3) is 0 Å². The summed E-state index contributed by atoms with van der Waals surface area (Å²) >= 11 is 0. The van der Waals surface area contributed by atoms with E-state index in [-0.39, 0.29) is 24.5 Å². The number of esters is 1.